The molecule has 1 atom stereocenters. The maximum absolute atomic E-state index is 13.7. The van der Waals surface area contributed by atoms with Gasteiger partial charge in [0.15, 0.2) is 11.5 Å². The van der Waals surface area contributed by atoms with Gasteiger partial charge in [-0.3, -0.25) is 4.90 Å². The first-order chi connectivity index (χ1) is 10.9. The third-order valence-corrected chi connectivity index (χ3v) is 3.86. The van der Waals surface area contributed by atoms with E-state index in [4.69, 9.17) is 14.2 Å². The molecule has 1 aliphatic rings. The fourth-order valence-electron chi connectivity index (χ4n) is 2.79. The van der Waals surface area contributed by atoms with Gasteiger partial charge in [0, 0.05) is 37.8 Å². The van der Waals surface area contributed by atoms with Crippen LogP contribution < -0.4 is 19.5 Å². The molecule has 0 aromatic heterocycles. The molecular formula is C15H21F3N2O3. The molecule has 2 rings (SSSR count). The minimum Gasteiger partial charge on any atom is -0.496 e. The van der Waals surface area contributed by atoms with Gasteiger partial charge in [0.1, 0.15) is 11.8 Å². The van der Waals surface area contributed by atoms with Crippen LogP contribution in [0.3, 0.4) is 0 Å². The molecule has 0 aliphatic carbocycles. The van der Waals surface area contributed by atoms with E-state index in [1.165, 1.54) is 38.4 Å². The highest BCUT2D eigenvalue weighted by Crippen LogP contribution is 2.45. The third-order valence-electron chi connectivity index (χ3n) is 3.86. The van der Waals surface area contributed by atoms with Crippen LogP contribution in [-0.2, 0) is 0 Å². The smallest absolute Gasteiger partial charge is 0.408 e. The molecule has 0 bridgehead atoms. The number of hydrogen-bond donors (Lipinski definition) is 1. The standard InChI is InChI=1S/C15H21F3N2O3/c1-21-11-9-13(23-3)12(22-2)8-10(11)14(15(16,17)18)20-6-4-19-5-7-20/h8-9,14,19H,4-7H2,1-3H3/t14-/m1/s1. The van der Waals surface area contributed by atoms with Crippen molar-refractivity contribution in [1.82, 2.24) is 10.2 Å². The van der Waals surface area contributed by atoms with Gasteiger partial charge in [0.2, 0.25) is 0 Å². The van der Waals surface area contributed by atoms with Crippen molar-refractivity contribution in [3.8, 4) is 17.2 Å². The molecule has 1 fully saturated rings. The number of halogens is 3. The Kier molecular flexibility index (Phi) is 5.59. The first-order valence-corrected chi connectivity index (χ1v) is 7.23. The minimum absolute atomic E-state index is 0.0274. The molecule has 1 aliphatic heterocycles. The highest BCUT2D eigenvalue weighted by atomic mass is 19.4. The number of nitrogens with zero attached hydrogens (tertiary/aromatic N) is 1. The summed E-state index contributed by atoms with van der Waals surface area (Å²) in [5.41, 5.74) is 0.0274. The first kappa shape index (κ1) is 17.7. The zero-order valence-electron chi connectivity index (χ0n) is 13.4. The Morgan fingerprint density at radius 2 is 1.48 bits per heavy atom. The summed E-state index contributed by atoms with van der Waals surface area (Å²) in [7, 11) is 4.16. The van der Waals surface area contributed by atoms with Crippen LogP contribution >= 0.6 is 0 Å². The largest absolute Gasteiger partial charge is 0.496 e. The molecule has 1 saturated heterocycles. The molecule has 0 spiro atoms. The van der Waals surface area contributed by atoms with Crippen LogP contribution in [0.5, 0.6) is 17.2 Å². The summed E-state index contributed by atoms with van der Waals surface area (Å²) in [4.78, 5) is 1.40. The SMILES string of the molecule is COc1cc(OC)c([C@@H](N2CCNCC2)C(F)(F)F)cc1OC. The molecule has 1 N–H and O–H groups in total. The Hall–Kier alpha value is -1.67. The monoisotopic (exact) mass is 334 g/mol. The molecule has 1 heterocycles. The zero-order chi connectivity index (χ0) is 17.0. The molecule has 0 unspecified atom stereocenters. The predicted octanol–water partition coefficient (Wildman–Crippen LogP) is 2.22. The van der Waals surface area contributed by atoms with Gasteiger partial charge in [-0.25, -0.2) is 0 Å². The Morgan fingerprint density at radius 3 is 1.96 bits per heavy atom. The minimum atomic E-state index is -4.43. The lowest BCUT2D eigenvalue weighted by molar-refractivity contribution is -0.188. The highest BCUT2D eigenvalue weighted by molar-refractivity contribution is 5.52. The van der Waals surface area contributed by atoms with E-state index in [0.29, 0.717) is 31.9 Å². The number of alkyl halides is 3. The van der Waals surface area contributed by atoms with Crippen molar-refractivity contribution in [3.05, 3.63) is 17.7 Å². The summed E-state index contributed by atoms with van der Waals surface area (Å²) >= 11 is 0. The second-order valence-electron chi connectivity index (χ2n) is 5.18. The van der Waals surface area contributed by atoms with Crippen LogP contribution in [0.2, 0.25) is 0 Å². The Bertz CT molecular complexity index is 531. The van der Waals surface area contributed by atoms with Crippen molar-refractivity contribution < 1.29 is 27.4 Å². The van der Waals surface area contributed by atoms with Crippen molar-refractivity contribution in [1.29, 1.82) is 0 Å². The fourth-order valence-corrected chi connectivity index (χ4v) is 2.79. The van der Waals surface area contributed by atoms with E-state index in [9.17, 15) is 13.2 Å². The maximum atomic E-state index is 13.7. The van der Waals surface area contributed by atoms with E-state index in [1.807, 2.05) is 0 Å². The molecule has 23 heavy (non-hydrogen) atoms. The molecule has 0 amide bonds. The average molecular weight is 334 g/mol. The van der Waals surface area contributed by atoms with Crippen LogP contribution in [-0.4, -0.2) is 58.6 Å². The van der Waals surface area contributed by atoms with Crippen LogP contribution in [0.4, 0.5) is 13.2 Å². The van der Waals surface area contributed by atoms with Gasteiger partial charge in [-0.2, -0.15) is 13.2 Å². The quantitative estimate of drug-likeness (QED) is 0.894. The van der Waals surface area contributed by atoms with Gasteiger partial charge in [0.05, 0.1) is 21.3 Å². The number of hydrogen-bond acceptors (Lipinski definition) is 5. The van der Waals surface area contributed by atoms with E-state index in [0.717, 1.165) is 0 Å². The summed E-state index contributed by atoms with van der Waals surface area (Å²) in [5.74, 6) is 0.700. The lowest BCUT2D eigenvalue weighted by Gasteiger charge is -2.36. The summed E-state index contributed by atoms with van der Waals surface area (Å²) in [6, 6.07) is 1.02. The van der Waals surface area contributed by atoms with Gasteiger partial charge >= 0.3 is 6.18 Å². The maximum Gasteiger partial charge on any atom is 0.408 e. The molecule has 0 saturated carbocycles. The number of rotatable bonds is 5. The molecule has 1 aromatic carbocycles. The topological polar surface area (TPSA) is 43.0 Å². The van der Waals surface area contributed by atoms with Crippen molar-refractivity contribution in [3.63, 3.8) is 0 Å². The van der Waals surface area contributed by atoms with E-state index >= 15 is 0 Å². The molecule has 130 valence electrons. The van der Waals surface area contributed by atoms with Crippen LogP contribution in [0.25, 0.3) is 0 Å². The summed E-state index contributed by atoms with van der Waals surface area (Å²) < 4.78 is 56.7. The number of ether oxygens (including phenoxy) is 3. The summed E-state index contributed by atoms with van der Waals surface area (Å²) in [6.07, 6.45) is -4.43. The molecule has 5 nitrogen and oxygen atoms in total. The van der Waals surface area contributed by atoms with E-state index in [1.54, 1.807) is 0 Å². The van der Waals surface area contributed by atoms with Gasteiger partial charge in [0.25, 0.3) is 0 Å². The summed E-state index contributed by atoms with van der Waals surface area (Å²) in [6.45, 7) is 1.65. The number of methoxy groups -OCH3 is 3. The number of benzene rings is 1. The molecule has 8 heteroatoms. The van der Waals surface area contributed by atoms with Crippen molar-refractivity contribution in [2.75, 3.05) is 47.5 Å². The van der Waals surface area contributed by atoms with E-state index in [-0.39, 0.29) is 17.1 Å². The van der Waals surface area contributed by atoms with Gasteiger partial charge in [-0.1, -0.05) is 0 Å². The lowest BCUT2D eigenvalue weighted by Crippen LogP contribution is -2.49. The number of nitrogens with one attached hydrogen (secondary N) is 1. The van der Waals surface area contributed by atoms with Crippen LogP contribution in [0, 0.1) is 0 Å². The van der Waals surface area contributed by atoms with Gasteiger partial charge in [-0.15, -0.1) is 0 Å². The second-order valence-corrected chi connectivity index (χ2v) is 5.18. The van der Waals surface area contributed by atoms with Crippen LogP contribution in [0.1, 0.15) is 11.6 Å². The Morgan fingerprint density at radius 1 is 0.957 bits per heavy atom. The highest BCUT2D eigenvalue weighted by Gasteiger charge is 2.46. The Labute approximate surface area is 133 Å². The number of piperazine rings is 1. The third kappa shape index (κ3) is 3.81. The molecule has 0 radical (unpaired) electrons. The Balaban J connectivity index is 2.52. The lowest BCUT2D eigenvalue weighted by atomic mass is 10.0. The first-order valence-electron chi connectivity index (χ1n) is 7.23. The van der Waals surface area contributed by atoms with Crippen molar-refractivity contribution in [2.24, 2.45) is 0 Å². The molecular weight excluding hydrogens is 313 g/mol. The summed E-state index contributed by atoms with van der Waals surface area (Å²) in [5, 5.41) is 3.06. The van der Waals surface area contributed by atoms with E-state index in [2.05, 4.69) is 5.32 Å². The molecule has 1 aromatic rings. The fraction of sp³-hybridized carbons (Fsp3) is 0.600. The normalized spacial score (nSPS) is 17.7. The van der Waals surface area contributed by atoms with Gasteiger partial charge in [-0.05, 0) is 6.07 Å². The average Bonchev–Trinajstić information content (AvgIpc) is 2.54. The van der Waals surface area contributed by atoms with Gasteiger partial charge < -0.3 is 19.5 Å². The van der Waals surface area contributed by atoms with E-state index < -0.39 is 12.2 Å². The van der Waals surface area contributed by atoms with Crippen LogP contribution in [0.15, 0.2) is 12.1 Å². The second kappa shape index (κ2) is 7.27. The zero-order valence-corrected chi connectivity index (χ0v) is 13.4. The van der Waals surface area contributed by atoms with Crippen molar-refractivity contribution >= 4 is 0 Å². The predicted molar refractivity (Wildman–Crippen MR) is 79.3 cm³/mol. The van der Waals surface area contributed by atoms with Crippen molar-refractivity contribution in [2.45, 2.75) is 12.2 Å².